The molecule has 176 valence electrons. The van der Waals surface area contributed by atoms with Gasteiger partial charge in [-0.05, 0) is 0 Å². The molecule has 0 aliphatic rings. The molecule has 0 radical (unpaired) electrons. The molecule has 7 heteroatoms. The number of fused-ring (bicyclic) bond motifs is 1. The fraction of sp³-hybridized carbons (Fsp3) is 0.103. The van der Waals surface area contributed by atoms with Gasteiger partial charge in [-0.25, -0.2) is 0 Å². The molecule has 0 amide bonds. The summed E-state index contributed by atoms with van der Waals surface area (Å²) < 4.78 is 18.5. The quantitative estimate of drug-likeness (QED) is 0.243. The predicted octanol–water partition coefficient (Wildman–Crippen LogP) is 4.10. The summed E-state index contributed by atoms with van der Waals surface area (Å²) in [6.45, 7) is 1.98. The Morgan fingerprint density at radius 2 is 1.69 bits per heavy atom. The average Bonchev–Trinajstić information content (AvgIpc) is 3.29. The fourth-order valence-electron chi connectivity index (χ4n) is 4.12. The molecule has 0 aliphatic heterocycles. The zero-order chi connectivity index (χ0) is 25.1. The number of aromatic nitrogens is 3. The van der Waals surface area contributed by atoms with Crippen molar-refractivity contribution in [3.63, 3.8) is 0 Å². The summed E-state index contributed by atoms with van der Waals surface area (Å²) >= 11 is -1.14. The standard InChI is InChI=1S/C29H23AsFN5/c1-3-20-14-19(17-32)15-23(31)26(20)30-25-16-24-28(33-18-36(24)2)29(34-25)35-27(21-10-6-4-7-11-21)22-12-8-5-9-13-22/h4-16,18,30H,3H2,1-2H3. The summed E-state index contributed by atoms with van der Waals surface area (Å²) in [7, 11) is 1.93. The number of pyridine rings is 1. The second kappa shape index (κ2) is 10.3. The Bertz CT molecular complexity index is 1580. The molecule has 5 rings (SSSR count). The molecule has 5 aromatic rings. The van der Waals surface area contributed by atoms with E-state index in [1.807, 2.05) is 85.3 Å². The first kappa shape index (κ1) is 23.7. The monoisotopic (exact) mass is 535 g/mol. The van der Waals surface area contributed by atoms with Crippen molar-refractivity contribution >= 4 is 47.1 Å². The summed E-state index contributed by atoms with van der Waals surface area (Å²) in [4.78, 5) is 14.5. The first-order valence-electron chi connectivity index (χ1n) is 11.6. The molecule has 2 heterocycles. The zero-order valence-electron chi connectivity index (χ0n) is 19.9. The maximum atomic E-state index is 15.1. The normalized spacial score (nSPS) is 11.2. The van der Waals surface area contributed by atoms with Crippen LogP contribution in [0.25, 0.3) is 11.0 Å². The molecular weight excluding hydrogens is 512 g/mol. The molecule has 1 unspecified atom stereocenters. The van der Waals surface area contributed by atoms with E-state index < -0.39 is 15.8 Å². The number of hydrogen-bond acceptors (Lipinski definition) is 4. The molecular formula is C29H23AsFN5. The van der Waals surface area contributed by atoms with Gasteiger partial charge in [-0.15, -0.1) is 0 Å². The van der Waals surface area contributed by atoms with Crippen LogP contribution in [0.2, 0.25) is 0 Å². The number of halogens is 1. The van der Waals surface area contributed by atoms with Crippen LogP contribution in [0.5, 0.6) is 0 Å². The van der Waals surface area contributed by atoms with E-state index in [-0.39, 0.29) is 5.82 Å². The first-order valence-corrected chi connectivity index (χ1v) is 13.7. The van der Waals surface area contributed by atoms with Crippen molar-refractivity contribution in [1.29, 1.82) is 5.26 Å². The maximum absolute atomic E-state index is 15.1. The van der Waals surface area contributed by atoms with Crippen molar-refractivity contribution in [2.45, 2.75) is 13.3 Å². The van der Waals surface area contributed by atoms with Gasteiger partial charge in [-0.2, -0.15) is 0 Å². The van der Waals surface area contributed by atoms with Crippen LogP contribution in [0.15, 0.2) is 90.2 Å². The van der Waals surface area contributed by atoms with Gasteiger partial charge in [-0.3, -0.25) is 0 Å². The number of aryl methyl sites for hydroxylation is 2. The van der Waals surface area contributed by atoms with Crippen LogP contribution < -0.4 is 8.83 Å². The molecule has 36 heavy (non-hydrogen) atoms. The third-order valence-electron chi connectivity index (χ3n) is 5.94. The van der Waals surface area contributed by atoms with Crippen LogP contribution in [0.4, 0.5) is 10.2 Å². The molecule has 0 fully saturated rings. The van der Waals surface area contributed by atoms with E-state index in [9.17, 15) is 5.26 Å². The second-order valence-corrected chi connectivity index (χ2v) is 11.0. The Kier molecular flexibility index (Phi) is 6.75. The van der Waals surface area contributed by atoms with Crippen LogP contribution in [0, 0.1) is 17.1 Å². The van der Waals surface area contributed by atoms with Crippen LogP contribution in [0.3, 0.4) is 0 Å². The van der Waals surface area contributed by atoms with Gasteiger partial charge in [0.1, 0.15) is 0 Å². The molecule has 0 aliphatic carbocycles. The fourth-order valence-corrected chi connectivity index (χ4v) is 6.70. The molecule has 0 bridgehead atoms. The Labute approximate surface area is 215 Å². The van der Waals surface area contributed by atoms with Gasteiger partial charge in [0.05, 0.1) is 0 Å². The Hall–Kier alpha value is -4.07. The average molecular weight is 535 g/mol. The number of imidazole rings is 1. The minimum absolute atomic E-state index is 0.336. The van der Waals surface area contributed by atoms with Crippen molar-refractivity contribution in [2.24, 2.45) is 12.0 Å². The SMILES string of the molecule is CCc1cc(C#N)cc(F)c1[AsH]c1cc2c(ncn2C)c(N=C(c2ccccc2)c2ccccc2)n1. The number of benzene rings is 3. The van der Waals surface area contributed by atoms with Crippen LogP contribution in [0.1, 0.15) is 29.2 Å². The molecule has 5 nitrogen and oxygen atoms in total. The van der Waals surface area contributed by atoms with Crippen molar-refractivity contribution in [3.8, 4) is 6.07 Å². The number of nitrogens with zero attached hydrogens (tertiary/aromatic N) is 5. The summed E-state index contributed by atoms with van der Waals surface area (Å²) in [5.74, 6) is 0.179. The minimum atomic E-state index is -1.14. The summed E-state index contributed by atoms with van der Waals surface area (Å²) in [6, 6.07) is 27.2. The summed E-state index contributed by atoms with van der Waals surface area (Å²) in [6.07, 6.45) is 2.40. The van der Waals surface area contributed by atoms with Crippen molar-refractivity contribution in [1.82, 2.24) is 14.5 Å². The van der Waals surface area contributed by atoms with E-state index in [4.69, 9.17) is 9.98 Å². The molecule has 0 saturated heterocycles. The second-order valence-electron chi connectivity index (χ2n) is 8.33. The first-order chi connectivity index (χ1) is 17.6. The van der Waals surface area contributed by atoms with Crippen LogP contribution in [-0.2, 0) is 13.5 Å². The van der Waals surface area contributed by atoms with Crippen molar-refractivity contribution in [3.05, 3.63) is 113 Å². The van der Waals surface area contributed by atoms with E-state index in [0.29, 0.717) is 27.7 Å². The van der Waals surface area contributed by atoms with Gasteiger partial charge in [0.15, 0.2) is 0 Å². The van der Waals surface area contributed by atoms with Crippen LogP contribution in [-0.4, -0.2) is 36.0 Å². The summed E-state index contributed by atoms with van der Waals surface area (Å²) in [5.41, 5.74) is 5.55. The topological polar surface area (TPSA) is 66.9 Å². The summed E-state index contributed by atoms with van der Waals surface area (Å²) in [5, 5.41) is 9.25. The van der Waals surface area contributed by atoms with Crippen LogP contribution >= 0.6 is 0 Å². The van der Waals surface area contributed by atoms with Gasteiger partial charge in [0.2, 0.25) is 0 Å². The predicted molar refractivity (Wildman–Crippen MR) is 144 cm³/mol. The Morgan fingerprint density at radius 3 is 2.31 bits per heavy atom. The van der Waals surface area contributed by atoms with Gasteiger partial charge in [0, 0.05) is 0 Å². The van der Waals surface area contributed by atoms with Gasteiger partial charge in [-0.1, -0.05) is 0 Å². The van der Waals surface area contributed by atoms with E-state index in [0.717, 1.165) is 32.4 Å². The molecule has 0 spiro atoms. The third-order valence-corrected chi connectivity index (χ3v) is 8.72. The number of hydrogen-bond donors (Lipinski definition) is 0. The molecule has 0 saturated carbocycles. The molecule has 1 atom stereocenters. The van der Waals surface area contributed by atoms with E-state index in [2.05, 4.69) is 11.1 Å². The molecule has 2 aromatic heterocycles. The molecule has 3 aromatic carbocycles. The van der Waals surface area contributed by atoms with Gasteiger partial charge in [0.25, 0.3) is 0 Å². The number of nitriles is 1. The van der Waals surface area contributed by atoms with Gasteiger partial charge >= 0.3 is 216 Å². The Morgan fingerprint density at radius 1 is 1.03 bits per heavy atom. The number of aliphatic imine (C=N–C) groups is 1. The number of rotatable bonds is 6. The third kappa shape index (κ3) is 4.71. The van der Waals surface area contributed by atoms with E-state index >= 15 is 4.39 Å². The van der Waals surface area contributed by atoms with E-state index in [1.54, 1.807) is 12.4 Å². The van der Waals surface area contributed by atoms with Gasteiger partial charge < -0.3 is 0 Å². The van der Waals surface area contributed by atoms with Crippen molar-refractivity contribution < 1.29 is 4.39 Å². The molecule has 0 N–H and O–H groups in total. The van der Waals surface area contributed by atoms with Crippen molar-refractivity contribution in [2.75, 3.05) is 0 Å². The Balaban J connectivity index is 1.69. The van der Waals surface area contributed by atoms with E-state index in [1.165, 1.54) is 6.07 Å². The zero-order valence-corrected chi connectivity index (χ0v) is 22.0.